The van der Waals surface area contributed by atoms with Crippen LogP contribution in [-0.4, -0.2) is 40.4 Å². The number of hydrazine groups is 1. The van der Waals surface area contributed by atoms with Crippen LogP contribution in [0.25, 0.3) is 0 Å². The number of piperazine rings is 1. The summed E-state index contributed by atoms with van der Waals surface area (Å²) < 4.78 is 0. The molecule has 0 amide bonds. The first kappa shape index (κ1) is 12.4. The van der Waals surface area contributed by atoms with Crippen LogP contribution in [0.15, 0.2) is 18.3 Å². The number of hydrogen-bond acceptors (Lipinski definition) is 5. The molecule has 2 heterocycles. The molecule has 1 aliphatic heterocycles. The van der Waals surface area contributed by atoms with Gasteiger partial charge in [-0.1, -0.05) is 0 Å². The van der Waals surface area contributed by atoms with E-state index in [2.05, 4.69) is 46.7 Å². The van der Waals surface area contributed by atoms with Crippen LogP contribution < -0.4 is 10.7 Å². The zero-order valence-corrected chi connectivity index (χ0v) is 10.8. The van der Waals surface area contributed by atoms with Crippen molar-refractivity contribution in [2.24, 2.45) is 0 Å². The number of rotatable bonds is 2. The second-order valence-electron chi connectivity index (χ2n) is 5.46. The summed E-state index contributed by atoms with van der Waals surface area (Å²) in [5.74, 6) is 0. The standard InChI is InChI=1S/C12H21N5/c1-12(2,3)16-17-8-7-13-11(9-17)10-5-4-6-14-15-10/h4-6,11,13,16H,7-9H2,1-3H3. The lowest BCUT2D eigenvalue weighted by Gasteiger charge is -2.37. The van der Waals surface area contributed by atoms with Crippen molar-refractivity contribution in [1.82, 2.24) is 25.9 Å². The second kappa shape index (κ2) is 5.08. The van der Waals surface area contributed by atoms with Crippen molar-refractivity contribution >= 4 is 0 Å². The highest BCUT2D eigenvalue weighted by atomic mass is 15.5. The minimum atomic E-state index is 0.101. The Morgan fingerprint density at radius 2 is 2.29 bits per heavy atom. The second-order valence-corrected chi connectivity index (χ2v) is 5.46. The van der Waals surface area contributed by atoms with Crippen LogP contribution in [0.3, 0.4) is 0 Å². The summed E-state index contributed by atoms with van der Waals surface area (Å²) in [6.45, 7) is 9.40. The Labute approximate surface area is 103 Å². The van der Waals surface area contributed by atoms with Gasteiger partial charge < -0.3 is 5.32 Å². The number of nitrogens with one attached hydrogen (secondary N) is 2. The largest absolute Gasteiger partial charge is 0.306 e. The minimum Gasteiger partial charge on any atom is -0.306 e. The van der Waals surface area contributed by atoms with Gasteiger partial charge in [0.15, 0.2) is 0 Å². The van der Waals surface area contributed by atoms with Gasteiger partial charge in [0.25, 0.3) is 0 Å². The number of aromatic nitrogens is 2. The van der Waals surface area contributed by atoms with Crippen molar-refractivity contribution in [3.63, 3.8) is 0 Å². The number of hydrogen-bond donors (Lipinski definition) is 2. The molecule has 0 spiro atoms. The first-order chi connectivity index (χ1) is 8.04. The average molecular weight is 235 g/mol. The molecule has 1 unspecified atom stereocenters. The fourth-order valence-electron chi connectivity index (χ4n) is 2.02. The van der Waals surface area contributed by atoms with Gasteiger partial charge >= 0.3 is 0 Å². The van der Waals surface area contributed by atoms with Crippen LogP contribution in [0.4, 0.5) is 0 Å². The van der Waals surface area contributed by atoms with Crippen molar-refractivity contribution in [2.75, 3.05) is 19.6 Å². The van der Waals surface area contributed by atoms with Gasteiger partial charge in [0, 0.05) is 31.4 Å². The molecule has 0 aromatic carbocycles. The van der Waals surface area contributed by atoms with Crippen LogP contribution in [-0.2, 0) is 0 Å². The molecule has 0 saturated carbocycles. The third kappa shape index (κ3) is 3.73. The van der Waals surface area contributed by atoms with E-state index in [1.54, 1.807) is 6.20 Å². The third-order valence-corrected chi connectivity index (χ3v) is 2.62. The molecule has 1 atom stereocenters. The van der Waals surface area contributed by atoms with Gasteiger partial charge in [0.1, 0.15) is 0 Å². The molecule has 0 aliphatic carbocycles. The molecule has 1 aromatic rings. The van der Waals surface area contributed by atoms with Gasteiger partial charge in [0.2, 0.25) is 0 Å². The first-order valence-corrected chi connectivity index (χ1v) is 6.08. The molecule has 1 aromatic heterocycles. The Balaban J connectivity index is 1.98. The summed E-state index contributed by atoms with van der Waals surface area (Å²) >= 11 is 0. The number of nitrogens with zero attached hydrogens (tertiary/aromatic N) is 3. The van der Waals surface area contributed by atoms with Crippen LogP contribution >= 0.6 is 0 Å². The molecule has 1 aliphatic rings. The molecule has 1 fully saturated rings. The van der Waals surface area contributed by atoms with E-state index in [1.165, 1.54) is 0 Å². The zero-order valence-electron chi connectivity index (χ0n) is 10.8. The Bertz CT molecular complexity index is 346. The maximum atomic E-state index is 4.17. The molecule has 5 nitrogen and oxygen atoms in total. The maximum absolute atomic E-state index is 4.17. The molecule has 2 N–H and O–H groups in total. The Hall–Kier alpha value is -1.04. The van der Waals surface area contributed by atoms with Gasteiger partial charge in [0.05, 0.1) is 11.7 Å². The summed E-state index contributed by atoms with van der Waals surface area (Å²) in [5, 5.41) is 13.8. The molecular formula is C12H21N5. The minimum absolute atomic E-state index is 0.101. The Morgan fingerprint density at radius 3 is 2.94 bits per heavy atom. The quantitative estimate of drug-likeness (QED) is 0.791. The fraction of sp³-hybridized carbons (Fsp3) is 0.667. The Kier molecular flexibility index (Phi) is 3.71. The van der Waals surface area contributed by atoms with E-state index >= 15 is 0 Å². The van der Waals surface area contributed by atoms with Crippen molar-refractivity contribution in [1.29, 1.82) is 0 Å². The molecule has 0 bridgehead atoms. The summed E-state index contributed by atoms with van der Waals surface area (Å²) in [4.78, 5) is 0. The molecule has 94 valence electrons. The van der Waals surface area contributed by atoms with Crippen molar-refractivity contribution in [3.05, 3.63) is 24.0 Å². The van der Waals surface area contributed by atoms with Gasteiger partial charge in [-0.05, 0) is 32.9 Å². The van der Waals surface area contributed by atoms with Gasteiger partial charge in [-0.3, -0.25) is 0 Å². The van der Waals surface area contributed by atoms with E-state index in [0.717, 1.165) is 25.3 Å². The molecular weight excluding hydrogens is 214 g/mol. The summed E-state index contributed by atoms with van der Waals surface area (Å²) in [7, 11) is 0. The molecule has 17 heavy (non-hydrogen) atoms. The monoisotopic (exact) mass is 235 g/mol. The lowest BCUT2D eigenvalue weighted by atomic mass is 10.1. The van der Waals surface area contributed by atoms with E-state index in [1.807, 2.05) is 12.1 Å². The molecule has 2 rings (SSSR count). The highest BCUT2D eigenvalue weighted by Gasteiger charge is 2.24. The van der Waals surface area contributed by atoms with E-state index < -0.39 is 0 Å². The van der Waals surface area contributed by atoms with E-state index in [4.69, 9.17) is 0 Å². The lowest BCUT2D eigenvalue weighted by Crippen LogP contribution is -2.57. The molecule has 1 saturated heterocycles. The molecule has 5 heteroatoms. The fourth-order valence-corrected chi connectivity index (χ4v) is 2.02. The van der Waals surface area contributed by atoms with Crippen LogP contribution in [0.2, 0.25) is 0 Å². The predicted octanol–water partition coefficient (Wildman–Crippen LogP) is 0.726. The summed E-state index contributed by atoms with van der Waals surface area (Å²) in [6, 6.07) is 4.21. The van der Waals surface area contributed by atoms with Gasteiger partial charge in [-0.2, -0.15) is 10.2 Å². The van der Waals surface area contributed by atoms with E-state index in [-0.39, 0.29) is 11.6 Å². The lowest BCUT2D eigenvalue weighted by molar-refractivity contribution is 0.0889. The SMILES string of the molecule is CC(C)(C)NN1CCNC(c2cccnn2)C1. The van der Waals surface area contributed by atoms with Crippen LogP contribution in [0, 0.1) is 0 Å². The van der Waals surface area contributed by atoms with Crippen LogP contribution in [0.1, 0.15) is 32.5 Å². The van der Waals surface area contributed by atoms with Crippen LogP contribution in [0.5, 0.6) is 0 Å². The predicted molar refractivity (Wildman–Crippen MR) is 67.2 cm³/mol. The maximum Gasteiger partial charge on any atom is 0.0814 e. The summed E-state index contributed by atoms with van der Waals surface area (Å²) in [6.07, 6.45) is 1.71. The Morgan fingerprint density at radius 1 is 1.47 bits per heavy atom. The summed E-state index contributed by atoms with van der Waals surface area (Å²) in [5.41, 5.74) is 4.61. The van der Waals surface area contributed by atoms with E-state index in [9.17, 15) is 0 Å². The topological polar surface area (TPSA) is 53.1 Å². The normalized spacial score (nSPS) is 22.6. The van der Waals surface area contributed by atoms with Crippen molar-refractivity contribution < 1.29 is 0 Å². The smallest absolute Gasteiger partial charge is 0.0814 e. The zero-order chi connectivity index (χ0) is 12.3. The van der Waals surface area contributed by atoms with Gasteiger partial charge in [-0.25, -0.2) is 10.4 Å². The first-order valence-electron chi connectivity index (χ1n) is 6.08. The highest BCUT2D eigenvalue weighted by molar-refractivity contribution is 5.07. The molecule has 0 radical (unpaired) electrons. The third-order valence-electron chi connectivity index (χ3n) is 2.62. The average Bonchev–Trinajstić information content (AvgIpc) is 2.28. The van der Waals surface area contributed by atoms with Crippen molar-refractivity contribution in [3.8, 4) is 0 Å². The van der Waals surface area contributed by atoms with Gasteiger partial charge in [-0.15, -0.1) is 0 Å². The van der Waals surface area contributed by atoms with E-state index in [0.29, 0.717) is 0 Å². The van der Waals surface area contributed by atoms with Crippen molar-refractivity contribution in [2.45, 2.75) is 32.4 Å². The highest BCUT2D eigenvalue weighted by Crippen LogP contribution is 2.14.